The Morgan fingerprint density at radius 3 is 2.16 bits per heavy atom. The Morgan fingerprint density at radius 2 is 1.44 bits per heavy atom. The van der Waals surface area contributed by atoms with Crippen LogP contribution in [0.4, 0.5) is 0 Å². The van der Waals surface area contributed by atoms with Gasteiger partial charge in [0.05, 0.1) is 12.7 Å². The molecule has 0 amide bonds. The van der Waals surface area contributed by atoms with Crippen molar-refractivity contribution in [2.75, 3.05) is 7.11 Å². The molecular formula is C29H30O3. The number of fused-ring (bicyclic) bond motifs is 1. The highest BCUT2D eigenvalue weighted by Gasteiger charge is 2.22. The first-order valence-electron chi connectivity index (χ1n) is 11.8. The van der Waals surface area contributed by atoms with Gasteiger partial charge in [-0.25, -0.2) is 0 Å². The van der Waals surface area contributed by atoms with Crippen molar-refractivity contribution in [2.45, 2.75) is 57.3 Å². The molecule has 0 atom stereocenters. The first-order chi connectivity index (χ1) is 15.6. The van der Waals surface area contributed by atoms with Crippen LogP contribution in [0.3, 0.4) is 0 Å². The second-order valence-corrected chi connectivity index (χ2v) is 9.17. The predicted octanol–water partition coefficient (Wildman–Crippen LogP) is 7.59. The normalized spacial score (nSPS) is 17.7. The molecule has 0 aliphatic heterocycles. The molecule has 1 N–H and O–H groups in total. The molecule has 2 aliphatic carbocycles. The number of allylic oxidation sites excluding steroid dienone is 2. The van der Waals surface area contributed by atoms with E-state index < -0.39 is 0 Å². The zero-order chi connectivity index (χ0) is 22.1. The summed E-state index contributed by atoms with van der Waals surface area (Å²) in [5.41, 5.74) is 5.03. The predicted molar refractivity (Wildman–Crippen MR) is 130 cm³/mol. The van der Waals surface area contributed by atoms with Crippen molar-refractivity contribution in [1.82, 2.24) is 0 Å². The van der Waals surface area contributed by atoms with Crippen molar-refractivity contribution in [1.29, 1.82) is 0 Å². The number of benzene rings is 3. The van der Waals surface area contributed by atoms with E-state index in [0.717, 1.165) is 28.5 Å². The molecule has 0 aromatic heterocycles. The highest BCUT2D eigenvalue weighted by atomic mass is 16.5. The third-order valence-corrected chi connectivity index (χ3v) is 7.12. The second-order valence-electron chi connectivity index (χ2n) is 9.17. The van der Waals surface area contributed by atoms with Gasteiger partial charge < -0.3 is 9.84 Å². The van der Waals surface area contributed by atoms with E-state index in [0.29, 0.717) is 24.3 Å². The molecule has 0 spiro atoms. The Kier molecular flexibility index (Phi) is 5.73. The average Bonchev–Trinajstić information content (AvgIpc) is 2.83. The third-order valence-electron chi connectivity index (χ3n) is 7.12. The van der Waals surface area contributed by atoms with E-state index in [1.807, 2.05) is 12.1 Å². The Balaban J connectivity index is 1.51. The number of ether oxygens (including phenoxy) is 1. The van der Waals surface area contributed by atoms with Crippen LogP contribution in [-0.2, 0) is 4.79 Å². The van der Waals surface area contributed by atoms with Crippen LogP contribution >= 0.6 is 0 Å². The minimum absolute atomic E-state index is 0.0400. The van der Waals surface area contributed by atoms with Gasteiger partial charge in [0.15, 0.2) is 5.78 Å². The average molecular weight is 427 g/mol. The highest BCUT2D eigenvalue weighted by Crippen LogP contribution is 2.40. The zero-order valence-corrected chi connectivity index (χ0v) is 18.7. The molecule has 0 bridgehead atoms. The summed E-state index contributed by atoms with van der Waals surface area (Å²) in [5.74, 6) is 1.84. The van der Waals surface area contributed by atoms with E-state index >= 15 is 0 Å². The van der Waals surface area contributed by atoms with Gasteiger partial charge in [-0.05, 0) is 82.5 Å². The minimum Gasteiger partial charge on any atom is -0.512 e. The van der Waals surface area contributed by atoms with Gasteiger partial charge in [-0.2, -0.15) is 0 Å². The fraction of sp³-hybridized carbons (Fsp3) is 0.345. The van der Waals surface area contributed by atoms with Gasteiger partial charge in [0.2, 0.25) is 0 Å². The van der Waals surface area contributed by atoms with Gasteiger partial charge in [-0.1, -0.05) is 49.6 Å². The molecule has 0 heterocycles. The lowest BCUT2D eigenvalue weighted by molar-refractivity contribution is -0.114. The summed E-state index contributed by atoms with van der Waals surface area (Å²) in [5, 5.41) is 12.5. The van der Waals surface area contributed by atoms with Gasteiger partial charge in [-0.3, -0.25) is 4.79 Å². The van der Waals surface area contributed by atoms with E-state index in [1.54, 1.807) is 7.11 Å². The number of carbonyl (C=O) groups excluding carboxylic acids is 1. The zero-order valence-electron chi connectivity index (χ0n) is 18.7. The van der Waals surface area contributed by atoms with E-state index in [2.05, 4.69) is 42.5 Å². The lowest BCUT2D eigenvalue weighted by Crippen LogP contribution is -2.10. The van der Waals surface area contributed by atoms with Crippen molar-refractivity contribution in [2.24, 2.45) is 0 Å². The van der Waals surface area contributed by atoms with Crippen LogP contribution in [0.15, 0.2) is 60.4 Å². The Labute approximate surface area is 189 Å². The SMILES string of the molecule is COc1ccc(-c2ccc3cc(C4=C(O)CCCC4=O)ccc3c2)cc1C1CCCCC1. The van der Waals surface area contributed by atoms with E-state index in [1.165, 1.54) is 48.8 Å². The van der Waals surface area contributed by atoms with Crippen LogP contribution < -0.4 is 4.74 Å². The summed E-state index contributed by atoms with van der Waals surface area (Å²) in [6.07, 6.45) is 8.23. The van der Waals surface area contributed by atoms with Gasteiger partial charge >= 0.3 is 0 Å². The highest BCUT2D eigenvalue weighted by molar-refractivity contribution is 6.22. The van der Waals surface area contributed by atoms with Gasteiger partial charge in [-0.15, -0.1) is 0 Å². The number of carbonyl (C=O) groups is 1. The number of methoxy groups -OCH3 is 1. The molecule has 2 aliphatic rings. The lowest BCUT2D eigenvalue weighted by atomic mass is 9.82. The molecule has 1 saturated carbocycles. The van der Waals surface area contributed by atoms with Crippen LogP contribution in [-0.4, -0.2) is 18.0 Å². The Bertz CT molecular complexity index is 1200. The maximum Gasteiger partial charge on any atom is 0.166 e. The molecular weight excluding hydrogens is 396 g/mol. The molecule has 0 radical (unpaired) electrons. The van der Waals surface area contributed by atoms with E-state index in [9.17, 15) is 9.90 Å². The van der Waals surface area contributed by atoms with E-state index in [4.69, 9.17) is 4.74 Å². The van der Waals surface area contributed by atoms with Gasteiger partial charge in [0.25, 0.3) is 0 Å². The second kappa shape index (κ2) is 8.82. The summed E-state index contributed by atoms with van der Waals surface area (Å²) >= 11 is 0. The molecule has 3 nitrogen and oxygen atoms in total. The van der Waals surface area contributed by atoms with Crippen molar-refractivity contribution < 1.29 is 14.6 Å². The van der Waals surface area contributed by atoms with Gasteiger partial charge in [0, 0.05) is 12.8 Å². The van der Waals surface area contributed by atoms with Crippen LogP contribution in [0, 0.1) is 0 Å². The van der Waals surface area contributed by atoms with E-state index in [-0.39, 0.29) is 11.5 Å². The largest absolute Gasteiger partial charge is 0.512 e. The Morgan fingerprint density at radius 1 is 0.781 bits per heavy atom. The summed E-state index contributed by atoms with van der Waals surface area (Å²) < 4.78 is 5.70. The quantitative estimate of drug-likeness (QED) is 0.467. The van der Waals surface area contributed by atoms with Crippen molar-refractivity contribution >= 4 is 22.1 Å². The van der Waals surface area contributed by atoms with Crippen molar-refractivity contribution in [3.8, 4) is 16.9 Å². The summed E-state index contributed by atoms with van der Waals surface area (Å²) in [6.45, 7) is 0. The first kappa shape index (κ1) is 20.8. The summed E-state index contributed by atoms with van der Waals surface area (Å²) in [7, 11) is 1.76. The smallest absolute Gasteiger partial charge is 0.166 e. The Hall–Kier alpha value is -3.07. The van der Waals surface area contributed by atoms with Crippen LogP contribution in [0.25, 0.3) is 27.5 Å². The summed E-state index contributed by atoms with van der Waals surface area (Å²) in [4.78, 5) is 12.4. The molecule has 32 heavy (non-hydrogen) atoms. The topological polar surface area (TPSA) is 46.5 Å². The van der Waals surface area contributed by atoms with Crippen LogP contribution in [0.1, 0.15) is 68.4 Å². The lowest BCUT2D eigenvalue weighted by Gasteiger charge is -2.24. The monoisotopic (exact) mass is 426 g/mol. The molecule has 0 saturated heterocycles. The number of rotatable bonds is 4. The van der Waals surface area contributed by atoms with Gasteiger partial charge in [0.1, 0.15) is 11.5 Å². The summed E-state index contributed by atoms with van der Waals surface area (Å²) in [6, 6.07) is 19.1. The first-order valence-corrected chi connectivity index (χ1v) is 11.8. The molecule has 3 aromatic carbocycles. The fourth-order valence-electron chi connectivity index (χ4n) is 5.38. The number of aliphatic hydroxyl groups is 1. The maximum absolute atomic E-state index is 12.4. The number of hydrogen-bond acceptors (Lipinski definition) is 3. The fourth-order valence-corrected chi connectivity index (χ4v) is 5.38. The maximum atomic E-state index is 12.4. The van der Waals surface area contributed by atoms with Crippen LogP contribution in [0.2, 0.25) is 0 Å². The van der Waals surface area contributed by atoms with Crippen LogP contribution in [0.5, 0.6) is 5.75 Å². The number of ketones is 1. The third kappa shape index (κ3) is 3.92. The molecule has 0 unspecified atom stereocenters. The minimum atomic E-state index is 0.0400. The number of Topliss-reactive ketones (excluding diaryl/α,β-unsaturated/α-hetero) is 1. The molecule has 3 heteroatoms. The van der Waals surface area contributed by atoms with Crippen molar-refractivity contribution in [3.63, 3.8) is 0 Å². The number of aliphatic hydroxyl groups excluding tert-OH is 1. The molecule has 164 valence electrons. The molecule has 1 fully saturated rings. The molecule has 3 aromatic rings. The van der Waals surface area contributed by atoms with Crippen molar-refractivity contribution in [3.05, 3.63) is 71.5 Å². The standard InChI is InChI=1S/C29H30O3/c1-32-28-15-14-23(18-25(28)19-6-3-2-4-7-19)21-10-11-22-17-24(13-12-20(22)16-21)29-26(30)8-5-9-27(29)31/h10-19,30H,2-9H2,1H3. The number of hydrogen-bond donors (Lipinski definition) is 1. The molecule has 5 rings (SSSR count).